The molecule has 2 fully saturated rings. The van der Waals surface area contributed by atoms with E-state index in [-0.39, 0.29) is 78.5 Å². The van der Waals surface area contributed by atoms with E-state index in [9.17, 15) is 72.9 Å². The van der Waals surface area contributed by atoms with Gasteiger partial charge in [0.1, 0.15) is 48.1 Å². The highest BCUT2D eigenvalue weighted by Crippen LogP contribution is 2.56. The number of aromatic nitrogens is 4. The number of phosphoric acid groups is 3. The summed E-state index contributed by atoms with van der Waals surface area (Å²) in [5, 5.41) is 45.7. The van der Waals surface area contributed by atoms with Crippen LogP contribution >= 0.6 is 35.2 Å². The van der Waals surface area contributed by atoms with Crippen molar-refractivity contribution in [1.82, 2.24) is 30.2 Å². The predicted octanol–water partition coefficient (Wildman–Crippen LogP) is -3.08. The lowest BCUT2D eigenvalue weighted by Gasteiger charge is -2.36. The van der Waals surface area contributed by atoms with Gasteiger partial charge in [0.2, 0.25) is 11.8 Å². The number of ether oxygens (including phenoxy) is 3. The van der Waals surface area contributed by atoms with E-state index >= 15 is 0 Å². The number of phosphoric ester groups is 3. The second-order valence-electron chi connectivity index (χ2n) is 16.7. The van der Waals surface area contributed by atoms with Crippen molar-refractivity contribution in [3.05, 3.63) is 12.7 Å². The monoisotopic (exact) mass is 1060 g/mol. The van der Waals surface area contributed by atoms with Crippen LogP contribution in [0.1, 0.15) is 78.9 Å². The van der Waals surface area contributed by atoms with Gasteiger partial charge in [-0.3, -0.25) is 32.9 Å². The van der Waals surface area contributed by atoms with E-state index in [0.29, 0.717) is 19.3 Å². The van der Waals surface area contributed by atoms with Crippen LogP contribution < -0.4 is 35.9 Å². The maximum Gasteiger partial charge on any atom is 0.274 e. The molecule has 2 aromatic rings. The summed E-state index contributed by atoms with van der Waals surface area (Å²) in [7, 11) is -17.7. The number of nitrogens with one attached hydrogen (secondary N) is 2. The Morgan fingerprint density at radius 3 is 2.38 bits per heavy atom. The number of aliphatic hydroxyl groups is 4. The van der Waals surface area contributed by atoms with Crippen molar-refractivity contribution in [3.8, 4) is 0 Å². The number of carbonyl (C=O) groups excluding carboxylic acids is 4. The number of carbonyl (C=O) groups is 4. The number of nitrogens with two attached hydrogens (primary N) is 1. The molecule has 29 nitrogen and oxygen atoms in total. The van der Waals surface area contributed by atoms with Crippen molar-refractivity contribution in [2.24, 2.45) is 5.41 Å². The van der Waals surface area contributed by atoms with Crippen LogP contribution in [-0.2, 0) is 65.0 Å². The molecule has 0 bridgehead atoms. The summed E-state index contributed by atoms with van der Waals surface area (Å²) in [6.45, 7) is 3.26. The van der Waals surface area contributed by atoms with Crippen molar-refractivity contribution in [2.45, 2.75) is 134 Å². The van der Waals surface area contributed by atoms with Crippen molar-refractivity contribution in [2.75, 3.05) is 37.8 Å². The van der Waals surface area contributed by atoms with Gasteiger partial charge in [-0.2, -0.15) is 0 Å². The Labute approximate surface area is 398 Å². The number of nitrogen functional groups attached to an aromatic ring is 1. The number of thioether (sulfide) groups is 1. The van der Waals surface area contributed by atoms with E-state index in [1.807, 2.05) is 0 Å². The summed E-state index contributed by atoms with van der Waals surface area (Å²) in [5.41, 5.74) is 4.00. The molecule has 0 spiro atoms. The van der Waals surface area contributed by atoms with E-state index in [0.717, 1.165) is 29.0 Å². The Balaban J connectivity index is 1.10. The van der Waals surface area contributed by atoms with Crippen molar-refractivity contribution < 1.29 is 105 Å². The Morgan fingerprint density at radius 1 is 0.986 bits per heavy atom. The van der Waals surface area contributed by atoms with Gasteiger partial charge in [0.25, 0.3) is 15.6 Å². The Morgan fingerprint density at radius 2 is 1.68 bits per heavy atom. The molecule has 69 heavy (non-hydrogen) atoms. The number of hydrogen-bond donors (Lipinski definition) is 7. The maximum absolute atomic E-state index is 12.6. The van der Waals surface area contributed by atoms with Gasteiger partial charge in [-0.1, -0.05) is 32.0 Å². The number of anilines is 1. The molecule has 33 heteroatoms. The van der Waals surface area contributed by atoms with Gasteiger partial charge in [-0.05, 0) is 26.7 Å². The minimum absolute atomic E-state index is 0.0296. The zero-order chi connectivity index (χ0) is 51.5. The lowest BCUT2D eigenvalue weighted by atomic mass is 9.87. The highest BCUT2D eigenvalue weighted by atomic mass is 32.2. The first kappa shape index (κ1) is 58.6. The van der Waals surface area contributed by atoms with Gasteiger partial charge in [0.15, 0.2) is 29.1 Å². The zero-order valence-corrected chi connectivity index (χ0v) is 41.2. The first-order chi connectivity index (χ1) is 32.1. The minimum Gasteiger partial charge on any atom is -0.790 e. The number of aliphatic hydroxyl groups excluding tert-OH is 4. The van der Waals surface area contributed by atoms with E-state index in [4.69, 9.17) is 19.9 Å². The van der Waals surface area contributed by atoms with Gasteiger partial charge in [0, 0.05) is 43.5 Å². The third-order valence-electron chi connectivity index (χ3n) is 10.5. The van der Waals surface area contributed by atoms with Crippen LogP contribution in [0.15, 0.2) is 12.7 Å². The number of hydrogen-bond acceptors (Lipinski definition) is 27. The summed E-state index contributed by atoms with van der Waals surface area (Å²) < 4.78 is 71.9. The van der Waals surface area contributed by atoms with Crippen molar-refractivity contribution in [3.63, 3.8) is 0 Å². The molecule has 4 heterocycles. The number of fused-ring (bicyclic) bond motifs is 1. The Bertz CT molecular complexity index is 2220. The lowest BCUT2D eigenvalue weighted by molar-refractivity contribution is -0.347. The topological polar surface area (TPSA) is 451 Å². The highest BCUT2D eigenvalue weighted by molar-refractivity contribution is 8.13. The van der Waals surface area contributed by atoms with Crippen LogP contribution in [0, 0.1) is 5.41 Å². The molecule has 2 aromatic heterocycles. The summed E-state index contributed by atoms with van der Waals surface area (Å²) in [6, 6.07) is 0. The van der Waals surface area contributed by atoms with Crippen molar-refractivity contribution >= 4 is 74.9 Å². The number of rotatable bonds is 28. The van der Waals surface area contributed by atoms with Crippen LogP contribution in [-0.4, -0.2) is 150 Å². The number of ketones is 1. The fourth-order valence-corrected chi connectivity index (χ4v) is 10.1. The highest BCUT2D eigenvalue weighted by Gasteiger charge is 2.47. The molecular formula is C36H56N7O22P3S-4. The van der Waals surface area contributed by atoms with Crippen LogP contribution in [0.2, 0.25) is 0 Å². The molecule has 0 aromatic carbocycles. The molecule has 4 rings (SSSR count). The summed E-state index contributed by atoms with van der Waals surface area (Å²) >= 11 is 0.855. The van der Waals surface area contributed by atoms with Crippen LogP contribution in [0.3, 0.4) is 0 Å². The molecule has 8 N–H and O–H groups in total. The predicted molar refractivity (Wildman–Crippen MR) is 228 cm³/mol. The molecule has 2 unspecified atom stereocenters. The first-order valence-corrected chi connectivity index (χ1v) is 26.6. The zero-order valence-electron chi connectivity index (χ0n) is 37.7. The largest absolute Gasteiger partial charge is 0.790 e. The fraction of sp³-hybridized carbons (Fsp3) is 0.750. The van der Waals surface area contributed by atoms with Crippen LogP contribution in [0.25, 0.3) is 11.2 Å². The van der Waals surface area contributed by atoms with Crippen LogP contribution in [0.4, 0.5) is 5.82 Å². The molecule has 2 saturated heterocycles. The molecule has 2 aliphatic rings. The SMILES string of the molecule is C[C@H](CCCCC(=O)CC(=O)SCCNC(=O)CCNC(=O)[C@H](O)C(C)(C)COP(=O)([O-])OP(=O)([O-])OC[C@H]1O[C@@H](n2cnc3c(N)ncnc32)[C@H](O)[C@@H]1OP(=O)([O-])[O-])O[C@@H]1O[C@@H](C)[C@H](O)C[C@H]1O. The second-order valence-corrected chi connectivity index (χ2v) is 21.9. The molecular weight excluding hydrogens is 1010 g/mol. The third kappa shape index (κ3) is 18.6. The van der Waals surface area contributed by atoms with E-state index in [1.54, 1.807) is 13.8 Å². The summed E-state index contributed by atoms with van der Waals surface area (Å²) in [6.07, 6.45) is -9.41. The Kier molecular flexibility index (Phi) is 21.8. The van der Waals surface area contributed by atoms with Crippen molar-refractivity contribution in [1.29, 1.82) is 0 Å². The smallest absolute Gasteiger partial charge is 0.274 e. The molecule has 2 amide bonds. The third-order valence-corrected chi connectivity index (χ3v) is 14.3. The van der Waals surface area contributed by atoms with Crippen LogP contribution in [0.5, 0.6) is 0 Å². The molecule has 0 aliphatic carbocycles. The number of amides is 2. The number of imidazole rings is 1. The fourth-order valence-electron chi connectivity index (χ4n) is 6.69. The second kappa shape index (κ2) is 25.6. The normalized spacial score (nSPS) is 25.9. The number of unbranched alkanes of at least 4 members (excludes halogenated alkanes) is 1. The van der Waals surface area contributed by atoms with Gasteiger partial charge < -0.3 is 88.7 Å². The quantitative estimate of drug-likeness (QED) is 0.0252. The summed E-state index contributed by atoms with van der Waals surface area (Å²) in [5.74, 6) is -1.79. The maximum atomic E-state index is 12.6. The summed E-state index contributed by atoms with van der Waals surface area (Å²) in [4.78, 5) is 109. The van der Waals surface area contributed by atoms with Gasteiger partial charge in [-0.25, -0.2) is 19.3 Å². The lowest BCUT2D eigenvalue weighted by Crippen LogP contribution is -2.48. The van der Waals surface area contributed by atoms with Gasteiger partial charge >= 0.3 is 0 Å². The van der Waals surface area contributed by atoms with E-state index in [1.165, 1.54) is 13.8 Å². The molecule has 2 aliphatic heterocycles. The molecule has 12 atom stereocenters. The average Bonchev–Trinajstić information content (AvgIpc) is 3.81. The minimum atomic E-state index is -5.95. The number of Topliss-reactive ketones (excluding diaryl/α,β-unsaturated/α-hetero) is 1. The first-order valence-electron chi connectivity index (χ1n) is 21.2. The standard InChI is InChI=1S/C36H60N7O22P3S/c1-19(61-35-23(46)14-22(45)20(2)62-35)7-5-6-8-21(44)13-26(48)69-12-11-38-25(47)9-10-39-33(51)30(50)36(3,4)16-60-68(57,58)65-67(55,56)59-15-24-29(64-66(52,53)54)28(49)34(63-24)43-18-42-27-31(37)40-17-41-32(27)43/h17-20,22-24,28-30,34-35,45-46,49-50H,5-16H2,1-4H3,(H,38,47)(H,39,51)(H,55,56)(H,57,58)(H2,37,40,41)(H2,52,53,54)/p-4/t19-,20+,22-,23-,24-,28-,29-,30+,34-,35-/m1/s1. The molecule has 0 radical (unpaired) electrons. The molecule has 0 saturated carbocycles. The Hall–Kier alpha value is -2.93. The van der Waals surface area contributed by atoms with E-state index < -0.39 is 109 Å². The van der Waals surface area contributed by atoms with Gasteiger partial charge in [0.05, 0.1) is 52.1 Å². The molecule has 392 valence electrons. The average molecular weight is 1060 g/mol. The van der Waals surface area contributed by atoms with E-state index in [2.05, 4.69) is 43.5 Å². The van der Waals surface area contributed by atoms with Gasteiger partial charge in [-0.15, -0.1) is 0 Å². The number of nitrogens with zero attached hydrogens (tertiary/aromatic N) is 4.